The maximum Gasteiger partial charge on any atom is 0.123 e. The molecule has 1 aliphatic rings. The van der Waals surface area contributed by atoms with Crippen LogP contribution >= 0.6 is 11.3 Å². The first-order valence-electron chi connectivity index (χ1n) is 7.90. The number of thiazole rings is 1. The highest BCUT2D eigenvalue weighted by Gasteiger charge is 2.18. The van der Waals surface area contributed by atoms with Gasteiger partial charge in [-0.15, -0.1) is 11.3 Å². The Labute approximate surface area is 136 Å². The third-order valence-corrected chi connectivity index (χ3v) is 4.96. The van der Waals surface area contributed by atoms with E-state index in [1.807, 2.05) is 12.3 Å². The van der Waals surface area contributed by atoms with Crippen molar-refractivity contribution in [3.8, 4) is 10.6 Å². The molecule has 118 valence electrons. The Kier molecular flexibility index (Phi) is 5.56. The number of morpholine rings is 1. The lowest BCUT2D eigenvalue weighted by atomic mass is 10.2. The van der Waals surface area contributed by atoms with Crippen LogP contribution in [0.2, 0.25) is 0 Å². The molecule has 1 unspecified atom stereocenters. The first-order chi connectivity index (χ1) is 10.8. The van der Waals surface area contributed by atoms with E-state index >= 15 is 0 Å². The molecule has 0 bridgehead atoms. The van der Waals surface area contributed by atoms with Crippen LogP contribution < -0.4 is 5.32 Å². The minimum atomic E-state index is 0.301. The van der Waals surface area contributed by atoms with Gasteiger partial charge in [0.05, 0.1) is 12.7 Å². The van der Waals surface area contributed by atoms with Crippen molar-refractivity contribution in [3.05, 3.63) is 41.4 Å². The van der Waals surface area contributed by atoms with Crippen molar-refractivity contribution >= 4 is 11.3 Å². The molecule has 2 heterocycles. The number of nitrogens with zero attached hydrogens (tertiary/aromatic N) is 2. The second kappa shape index (κ2) is 7.83. The highest BCUT2D eigenvalue weighted by atomic mass is 32.1. The van der Waals surface area contributed by atoms with E-state index in [1.54, 1.807) is 11.3 Å². The Morgan fingerprint density at radius 2 is 2.23 bits per heavy atom. The maximum atomic E-state index is 5.81. The number of nitrogens with one attached hydrogen (secondary N) is 1. The van der Waals surface area contributed by atoms with Crippen LogP contribution in [0, 0.1) is 0 Å². The predicted molar refractivity (Wildman–Crippen MR) is 91.1 cm³/mol. The van der Waals surface area contributed by atoms with Gasteiger partial charge in [0.1, 0.15) is 5.01 Å². The van der Waals surface area contributed by atoms with Gasteiger partial charge in [0.2, 0.25) is 0 Å². The summed E-state index contributed by atoms with van der Waals surface area (Å²) in [6, 6.07) is 10.3. The van der Waals surface area contributed by atoms with Crippen molar-refractivity contribution in [2.24, 2.45) is 0 Å². The van der Waals surface area contributed by atoms with Crippen molar-refractivity contribution in [3.63, 3.8) is 0 Å². The normalized spacial score (nSPS) is 19.4. The van der Waals surface area contributed by atoms with Gasteiger partial charge >= 0.3 is 0 Å². The van der Waals surface area contributed by atoms with Crippen LogP contribution in [0.1, 0.15) is 11.8 Å². The van der Waals surface area contributed by atoms with Gasteiger partial charge in [0.15, 0.2) is 0 Å². The predicted octanol–water partition coefficient (Wildman–Crippen LogP) is 2.62. The van der Waals surface area contributed by atoms with E-state index in [9.17, 15) is 0 Å². The summed E-state index contributed by atoms with van der Waals surface area (Å²) >= 11 is 1.75. The number of hydrogen-bond acceptors (Lipinski definition) is 5. The molecule has 0 aliphatic carbocycles. The van der Waals surface area contributed by atoms with E-state index in [-0.39, 0.29) is 0 Å². The molecule has 1 aromatic heterocycles. The molecule has 5 heteroatoms. The highest BCUT2D eigenvalue weighted by molar-refractivity contribution is 7.15. The molecule has 3 rings (SSSR count). The third kappa shape index (κ3) is 4.14. The average Bonchev–Trinajstić information content (AvgIpc) is 3.05. The largest absolute Gasteiger partial charge is 0.374 e. The average molecular weight is 317 g/mol. The molecule has 1 saturated heterocycles. The number of hydrogen-bond donors (Lipinski definition) is 1. The van der Waals surface area contributed by atoms with E-state index in [0.717, 1.165) is 44.3 Å². The lowest BCUT2D eigenvalue weighted by molar-refractivity contribution is -0.0253. The molecule has 1 aliphatic heterocycles. The molecule has 0 amide bonds. The van der Waals surface area contributed by atoms with Gasteiger partial charge in [-0.3, -0.25) is 4.90 Å². The Balaban J connectivity index is 1.47. The van der Waals surface area contributed by atoms with E-state index in [1.165, 1.54) is 10.4 Å². The van der Waals surface area contributed by atoms with E-state index in [2.05, 4.69) is 46.4 Å². The molecular weight excluding hydrogens is 294 g/mol. The Hall–Kier alpha value is -1.27. The molecular formula is C17H23N3OS. The molecule has 1 atom stereocenters. The Morgan fingerprint density at radius 1 is 1.36 bits per heavy atom. The van der Waals surface area contributed by atoms with E-state index < -0.39 is 0 Å². The number of likely N-dealkylation sites (N-methyl/N-ethyl adjacent to an activating group) is 1. The van der Waals surface area contributed by atoms with Gasteiger partial charge < -0.3 is 10.1 Å². The summed E-state index contributed by atoms with van der Waals surface area (Å²) in [6.45, 7) is 8.00. The standard InChI is InChI=1S/C17H23N3OS/c1-2-20-8-9-21-15(13-20)10-18-11-16-12-19-17(22-16)14-6-4-3-5-7-14/h3-7,12,15,18H,2,8-11,13H2,1H3. The van der Waals surface area contributed by atoms with Gasteiger partial charge in [-0.05, 0) is 6.54 Å². The maximum absolute atomic E-state index is 5.81. The number of aromatic nitrogens is 1. The zero-order valence-electron chi connectivity index (χ0n) is 13.0. The number of benzene rings is 1. The smallest absolute Gasteiger partial charge is 0.123 e. The molecule has 1 N–H and O–H groups in total. The minimum Gasteiger partial charge on any atom is -0.374 e. The van der Waals surface area contributed by atoms with Crippen LogP contribution in [0.3, 0.4) is 0 Å². The fourth-order valence-electron chi connectivity index (χ4n) is 2.65. The Bertz CT molecular complexity index is 572. The lowest BCUT2D eigenvalue weighted by Gasteiger charge is -2.32. The SMILES string of the molecule is CCN1CCOC(CNCc2cnc(-c3ccccc3)s2)C1. The third-order valence-electron chi connectivity index (χ3n) is 3.92. The second-order valence-electron chi connectivity index (χ2n) is 5.51. The molecule has 0 radical (unpaired) electrons. The summed E-state index contributed by atoms with van der Waals surface area (Å²) in [5, 5.41) is 4.59. The molecule has 0 saturated carbocycles. The summed E-state index contributed by atoms with van der Waals surface area (Å²) in [5.74, 6) is 0. The summed E-state index contributed by atoms with van der Waals surface area (Å²) in [5.41, 5.74) is 1.19. The lowest BCUT2D eigenvalue weighted by Crippen LogP contribution is -2.46. The van der Waals surface area contributed by atoms with Crippen molar-refractivity contribution in [1.82, 2.24) is 15.2 Å². The zero-order valence-corrected chi connectivity index (χ0v) is 13.8. The topological polar surface area (TPSA) is 37.4 Å². The molecule has 0 spiro atoms. The van der Waals surface area contributed by atoms with Crippen molar-refractivity contribution in [1.29, 1.82) is 0 Å². The molecule has 2 aromatic rings. The molecule has 4 nitrogen and oxygen atoms in total. The summed E-state index contributed by atoms with van der Waals surface area (Å²) in [4.78, 5) is 8.22. The van der Waals surface area contributed by atoms with Gasteiger partial charge in [-0.1, -0.05) is 37.3 Å². The first-order valence-corrected chi connectivity index (χ1v) is 8.71. The van der Waals surface area contributed by atoms with Crippen LogP contribution in [-0.2, 0) is 11.3 Å². The van der Waals surface area contributed by atoms with Crippen LogP contribution in [0.25, 0.3) is 10.6 Å². The van der Waals surface area contributed by atoms with E-state index in [0.29, 0.717) is 6.10 Å². The molecule has 1 fully saturated rings. The van der Waals surface area contributed by atoms with Gasteiger partial charge in [0, 0.05) is 42.8 Å². The molecule has 22 heavy (non-hydrogen) atoms. The summed E-state index contributed by atoms with van der Waals surface area (Å²) in [7, 11) is 0. The fourth-order valence-corrected chi connectivity index (χ4v) is 3.54. The molecule has 1 aromatic carbocycles. The second-order valence-corrected chi connectivity index (χ2v) is 6.63. The summed E-state index contributed by atoms with van der Waals surface area (Å²) in [6.07, 6.45) is 2.27. The van der Waals surface area contributed by atoms with Crippen LogP contribution in [0.15, 0.2) is 36.5 Å². The quantitative estimate of drug-likeness (QED) is 0.889. The van der Waals surface area contributed by atoms with Crippen molar-refractivity contribution in [2.45, 2.75) is 19.6 Å². The number of ether oxygens (including phenoxy) is 1. The van der Waals surface area contributed by atoms with Gasteiger partial charge in [-0.2, -0.15) is 0 Å². The van der Waals surface area contributed by atoms with Crippen LogP contribution in [0.4, 0.5) is 0 Å². The highest BCUT2D eigenvalue weighted by Crippen LogP contribution is 2.24. The minimum absolute atomic E-state index is 0.301. The van der Waals surface area contributed by atoms with Gasteiger partial charge in [0.25, 0.3) is 0 Å². The van der Waals surface area contributed by atoms with Crippen molar-refractivity contribution in [2.75, 3.05) is 32.8 Å². The number of rotatable bonds is 6. The van der Waals surface area contributed by atoms with Crippen LogP contribution in [0.5, 0.6) is 0 Å². The van der Waals surface area contributed by atoms with Crippen LogP contribution in [-0.4, -0.2) is 48.8 Å². The monoisotopic (exact) mass is 317 g/mol. The van der Waals surface area contributed by atoms with Gasteiger partial charge in [-0.25, -0.2) is 4.98 Å². The fraction of sp³-hybridized carbons (Fsp3) is 0.471. The van der Waals surface area contributed by atoms with E-state index in [4.69, 9.17) is 4.74 Å². The first kappa shape index (κ1) is 15.6. The van der Waals surface area contributed by atoms with Crippen molar-refractivity contribution < 1.29 is 4.74 Å². The summed E-state index contributed by atoms with van der Waals surface area (Å²) < 4.78 is 5.81. The Morgan fingerprint density at radius 3 is 3.05 bits per heavy atom. The zero-order chi connectivity index (χ0) is 15.2.